The van der Waals surface area contributed by atoms with Crippen molar-refractivity contribution >= 4 is 11.5 Å². The highest BCUT2D eigenvalue weighted by Crippen LogP contribution is 2.39. The zero-order valence-corrected chi connectivity index (χ0v) is 18.5. The molecular formula is C26H31NO4. The molecule has 2 unspecified atom stereocenters. The zero-order valence-electron chi connectivity index (χ0n) is 18.5. The Morgan fingerprint density at radius 2 is 2.16 bits per heavy atom. The SMILES string of the molecule is CC.CC(C(=O)O)C1CCc2cc(OCCc3coc(C4=CC=CCC=C4)n3)ccc21. The third kappa shape index (κ3) is 5.54. The van der Waals surface area contributed by atoms with E-state index in [0.717, 1.165) is 41.8 Å². The van der Waals surface area contributed by atoms with Crippen LogP contribution in [0.5, 0.6) is 5.75 Å². The van der Waals surface area contributed by atoms with Gasteiger partial charge in [0.15, 0.2) is 0 Å². The minimum absolute atomic E-state index is 0.0901. The van der Waals surface area contributed by atoms with Crippen LogP contribution in [0.25, 0.3) is 5.57 Å². The van der Waals surface area contributed by atoms with Crippen molar-refractivity contribution in [2.45, 2.75) is 52.4 Å². The number of aromatic nitrogens is 1. The molecule has 2 aliphatic carbocycles. The summed E-state index contributed by atoms with van der Waals surface area (Å²) in [6.45, 7) is 6.30. The second-order valence-electron chi connectivity index (χ2n) is 7.56. The Bertz CT molecular complexity index is 983. The van der Waals surface area contributed by atoms with Gasteiger partial charge in [-0.3, -0.25) is 4.79 Å². The van der Waals surface area contributed by atoms with Gasteiger partial charge >= 0.3 is 5.97 Å². The molecule has 0 saturated heterocycles. The highest BCUT2D eigenvalue weighted by Gasteiger charge is 2.31. The number of fused-ring (bicyclic) bond motifs is 1. The smallest absolute Gasteiger partial charge is 0.306 e. The molecule has 0 aliphatic heterocycles. The van der Waals surface area contributed by atoms with E-state index in [1.54, 1.807) is 13.2 Å². The van der Waals surface area contributed by atoms with E-state index in [1.807, 2.05) is 50.3 Å². The van der Waals surface area contributed by atoms with E-state index in [9.17, 15) is 9.90 Å². The maximum absolute atomic E-state index is 11.3. The van der Waals surface area contributed by atoms with E-state index in [1.165, 1.54) is 5.56 Å². The lowest BCUT2D eigenvalue weighted by Gasteiger charge is -2.16. The second-order valence-corrected chi connectivity index (χ2v) is 7.56. The first kappa shape index (κ1) is 22.6. The first-order chi connectivity index (χ1) is 15.1. The van der Waals surface area contributed by atoms with Crippen LogP contribution >= 0.6 is 0 Å². The van der Waals surface area contributed by atoms with Crippen LogP contribution < -0.4 is 4.74 Å². The third-order valence-electron chi connectivity index (χ3n) is 5.64. The van der Waals surface area contributed by atoms with Crippen LogP contribution in [-0.2, 0) is 17.6 Å². The predicted octanol–water partition coefficient (Wildman–Crippen LogP) is 5.97. The van der Waals surface area contributed by atoms with Crippen LogP contribution in [0.3, 0.4) is 0 Å². The summed E-state index contributed by atoms with van der Waals surface area (Å²) in [7, 11) is 0. The molecule has 2 aromatic rings. The van der Waals surface area contributed by atoms with Crippen molar-refractivity contribution in [1.29, 1.82) is 0 Å². The molecule has 1 N–H and O–H groups in total. The lowest BCUT2D eigenvalue weighted by Crippen LogP contribution is -2.17. The lowest BCUT2D eigenvalue weighted by molar-refractivity contribution is -0.141. The maximum atomic E-state index is 11.3. The van der Waals surface area contributed by atoms with E-state index >= 15 is 0 Å². The molecule has 31 heavy (non-hydrogen) atoms. The first-order valence-corrected chi connectivity index (χ1v) is 11.1. The number of aryl methyl sites for hydroxylation is 1. The Hall–Kier alpha value is -3.08. The molecule has 1 heterocycles. The topological polar surface area (TPSA) is 72.6 Å². The molecule has 5 heteroatoms. The largest absolute Gasteiger partial charge is 0.493 e. The van der Waals surface area contributed by atoms with Gasteiger partial charge in [0.25, 0.3) is 0 Å². The molecule has 0 saturated carbocycles. The summed E-state index contributed by atoms with van der Waals surface area (Å²) in [4.78, 5) is 15.9. The standard InChI is InChI=1S/C24H25NO4.C2H6/c1-16(24(26)27)21-10-8-18-14-20(9-11-22(18)21)28-13-12-19-15-29-23(25-19)17-6-4-2-3-5-7-17;1-2/h2,4-7,9,11,14-16,21H,3,8,10,12-13H2,1H3,(H,26,27);1-2H3. The normalized spacial score (nSPS) is 17.8. The first-order valence-electron chi connectivity index (χ1n) is 11.1. The molecule has 1 aromatic heterocycles. The molecule has 2 atom stereocenters. The molecule has 5 nitrogen and oxygen atoms in total. The van der Waals surface area contributed by atoms with Gasteiger partial charge < -0.3 is 14.3 Å². The summed E-state index contributed by atoms with van der Waals surface area (Å²) < 4.78 is 11.5. The number of ether oxygens (including phenoxy) is 1. The van der Waals surface area contributed by atoms with Gasteiger partial charge in [-0.15, -0.1) is 0 Å². The summed E-state index contributed by atoms with van der Waals surface area (Å²) in [6, 6.07) is 6.01. The van der Waals surface area contributed by atoms with Gasteiger partial charge in [-0.2, -0.15) is 0 Å². The number of oxazole rings is 1. The fourth-order valence-corrected chi connectivity index (χ4v) is 3.96. The quantitative estimate of drug-likeness (QED) is 0.596. The lowest BCUT2D eigenvalue weighted by atomic mass is 9.89. The van der Waals surface area contributed by atoms with Crippen molar-refractivity contribution in [3.8, 4) is 5.75 Å². The van der Waals surface area contributed by atoms with E-state index in [2.05, 4.69) is 17.1 Å². The van der Waals surface area contributed by atoms with Crippen molar-refractivity contribution in [3.63, 3.8) is 0 Å². The number of carbonyl (C=O) groups is 1. The van der Waals surface area contributed by atoms with Crippen LogP contribution in [0.2, 0.25) is 0 Å². The van der Waals surface area contributed by atoms with Crippen LogP contribution in [0.1, 0.15) is 62.2 Å². The average molecular weight is 422 g/mol. The molecule has 0 spiro atoms. The van der Waals surface area contributed by atoms with Crippen molar-refractivity contribution in [3.05, 3.63) is 77.6 Å². The van der Waals surface area contributed by atoms with Gasteiger partial charge in [-0.1, -0.05) is 51.1 Å². The van der Waals surface area contributed by atoms with Crippen LogP contribution in [0.15, 0.2) is 59.3 Å². The van der Waals surface area contributed by atoms with E-state index in [0.29, 0.717) is 18.9 Å². The average Bonchev–Trinajstić information content (AvgIpc) is 3.33. The molecular weight excluding hydrogens is 390 g/mol. The molecule has 0 bridgehead atoms. The maximum Gasteiger partial charge on any atom is 0.306 e. The molecule has 4 rings (SSSR count). The number of allylic oxidation sites excluding steroid dienone is 6. The summed E-state index contributed by atoms with van der Waals surface area (Å²) in [5.74, 6) is 0.432. The third-order valence-corrected chi connectivity index (χ3v) is 5.64. The minimum atomic E-state index is -0.735. The number of rotatable bonds is 7. The van der Waals surface area contributed by atoms with Crippen molar-refractivity contribution in [1.82, 2.24) is 4.98 Å². The second kappa shape index (κ2) is 10.8. The number of nitrogens with zero attached hydrogens (tertiary/aromatic N) is 1. The minimum Gasteiger partial charge on any atom is -0.493 e. The fourth-order valence-electron chi connectivity index (χ4n) is 3.96. The number of carboxylic acids is 1. The van der Waals surface area contributed by atoms with Crippen LogP contribution in [0, 0.1) is 5.92 Å². The summed E-state index contributed by atoms with van der Waals surface area (Å²) in [5, 5.41) is 9.30. The molecule has 0 fully saturated rings. The Morgan fingerprint density at radius 1 is 1.32 bits per heavy atom. The van der Waals surface area contributed by atoms with E-state index in [-0.39, 0.29) is 11.8 Å². The molecule has 2 aliphatic rings. The monoisotopic (exact) mass is 421 g/mol. The number of benzene rings is 1. The molecule has 1 aromatic carbocycles. The zero-order chi connectivity index (χ0) is 22.2. The highest BCUT2D eigenvalue weighted by molar-refractivity contribution is 5.71. The summed E-state index contributed by atoms with van der Waals surface area (Å²) >= 11 is 0. The van der Waals surface area contributed by atoms with Crippen LogP contribution in [-0.4, -0.2) is 22.7 Å². The van der Waals surface area contributed by atoms with Gasteiger partial charge in [-0.05, 0) is 54.5 Å². The van der Waals surface area contributed by atoms with Gasteiger partial charge in [-0.25, -0.2) is 4.98 Å². The van der Waals surface area contributed by atoms with Gasteiger partial charge in [0.2, 0.25) is 5.89 Å². The Morgan fingerprint density at radius 3 is 2.97 bits per heavy atom. The summed E-state index contributed by atoms with van der Waals surface area (Å²) in [5.41, 5.74) is 4.17. The molecule has 0 amide bonds. The van der Waals surface area contributed by atoms with Crippen molar-refractivity contribution in [2.75, 3.05) is 6.61 Å². The number of hydrogen-bond acceptors (Lipinski definition) is 4. The molecule has 164 valence electrons. The molecule has 0 radical (unpaired) electrons. The van der Waals surface area contributed by atoms with Crippen LogP contribution in [0.4, 0.5) is 0 Å². The Balaban J connectivity index is 0.00000132. The fraction of sp³-hybridized carbons (Fsp3) is 0.385. The highest BCUT2D eigenvalue weighted by atomic mass is 16.5. The van der Waals surface area contributed by atoms with Crippen molar-refractivity contribution in [2.24, 2.45) is 5.92 Å². The predicted molar refractivity (Wildman–Crippen MR) is 122 cm³/mol. The van der Waals surface area contributed by atoms with Gasteiger partial charge in [0, 0.05) is 12.0 Å². The van der Waals surface area contributed by atoms with E-state index < -0.39 is 5.97 Å². The number of carboxylic acid groups (broad SMARTS) is 1. The van der Waals surface area contributed by atoms with Crippen molar-refractivity contribution < 1.29 is 19.1 Å². The van der Waals surface area contributed by atoms with Gasteiger partial charge in [0.1, 0.15) is 12.0 Å². The number of aliphatic carboxylic acids is 1. The number of hydrogen-bond donors (Lipinski definition) is 1. The summed E-state index contributed by atoms with van der Waals surface area (Å²) in [6.07, 6.45) is 15.2. The Labute approximate surface area is 184 Å². The Kier molecular flexibility index (Phi) is 7.88. The van der Waals surface area contributed by atoms with E-state index in [4.69, 9.17) is 9.15 Å². The van der Waals surface area contributed by atoms with Gasteiger partial charge in [0.05, 0.1) is 18.2 Å².